The van der Waals surface area contributed by atoms with Crippen molar-refractivity contribution in [1.82, 2.24) is 19.7 Å². The molecule has 0 radical (unpaired) electrons. The van der Waals surface area contributed by atoms with Crippen molar-refractivity contribution >= 4 is 17.0 Å². The van der Waals surface area contributed by atoms with Gasteiger partial charge < -0.3 is 9.26 Å². The maximum atomic E-state index is 13.7. The summed E-state index contributed by atoms with van der Waals surface area (Å²) in [4.78, 5) is 21.3. The number of carbonyl (C=O) groups excluding carboxylic acids is 1. The SMILES string of the molecule is CC.CCOC(=O)c1ccc(-n2cc(CC3CCC(F)(F)CC3)c3cc(-c4c(C)noc4C)cnc32)nc1. The molecule has 1 aliphatic carbocycles. The van der Waals surface area contributed by atoms with E-state index in [1.165, 1.54) is 6.20 Å². The molecule has 4 aromatic heterocycles. The largest absolute Gasteiger partial charge is 0.462 e. The minimum Gasteiger partial charge on any atom is -0.462 e. The Labute approximate surface area is 221 Å². The first-order valence-electron chi connectivity index (χ1n) is 13.2. The van der Waals surface area contributed by atoms with E-state index in [4.69, 9.17) is 14.2 Å². The molecule has 4 aromatic rings. The Morgan fingerprint density at radius 3 is 2.50 bits per heavy atom. The second-order valence-electron chi connectivity index (χ2n) is 9.45. The van der Waals surface area contributed by atoms with Crippen LogP contribution in [0, 0.1) is 19.8 Å². The van der Waals surface area contributed by atoms with Gasteiger partial charge in [0.25, 0.3) is 0 Å². The quantitative estimate of drug-likeness (QED) is 0.247. The van der Waals surface area contributed by atoms with Crippen LogP contribution in [-0.4, -0.2) is 38.2 Å². The maximum Gasteiger partial charge on any atom is 0.339 e. The summed E-state index contributed by atoms with van der Waals surface area (Å²) in [5, 5.41) is 5.00. The number of aromatic nitrogens is 4. The highest BCUT2D eigenvalue weighted by Gasteiger charge is 2.35. The summed E-state index contributed by atoms with van der Waals surface area (Å²) in [6.45, 7) is 9.79. The Balaban J connectivity index is 0.00000164. The lowest BCUT2D eigenvalue weighted by Crippen LogP contribution is -2.25. The fourth-order valence-electron chi connectivity index (χ4n) is 5.02. The monoisotopic (exact) mass is 524 g/mol. The molecule has 5 rings (SSSR count). The summed E-state index contributed by atoms with van der Waals surface area (Å²) >= 11 is 0. The van der Waals surface area contributed by atoms with Crippen LogP contribution < -0.4 is 0 Å². The molecule has 202 valence electrons. The molecule has 7 nitrogen and oxygen atoms in total. The number of halogens is 2. The summed E-state index contributed by atoms with van der Waals surface area (Å²) in [6.07, 6.45) is 6.75. The lowest BCUT2D eigenvalue weighted by atomic mass is 9.83. The van der Waals surface area contributed by atoms with Gasteiger partial charge in [0.1, 0.15) is 17.2 Å². The topological polar surface area (TPSA) is 83.0 Å². The Morgan fingerprint density at radius 2 is 1.89 bits per heavy atom. The highest BCUT2D eigenvalue weighted by Crippen LogP contribution is 2.39. The first-order chi connectivity index (χ1) is 18.3. The van der Waals surface area contributed by atoms with E-state index in [1.807, 2.05) is 38.5 Å². The van der Waals surface area contributed by atoms with E-state index < -0.39 is 11.9 Å². The van der Waals surface area contributed by atoms with Gasteiger partial charge >= 0.3 is 5.97 Å². The average Bonchev–Trinajstić information content (AvgIpc) is 3.45. The molecule has 0 amide bonds. The molecule has 0 atom stereocenters. The first kappa shape index (κ1) is 27.4. The molecule has 0 N–H and O–H groups in total. The second-order valence-corrected chi connectivity index (χ2v) is 9.45. The Hall–Kier alpha value is -3.62. The van der Waals surface area contributed by atoms with Gasteiger partial charge in [0.2, 0.25) is 5.92 Å². The summed E-state index contributed by atoms with van der Waals surface area (Å²) in [7, 11) is 0. The fraction of sp³-hybridized carbons (Fsp3) is 0.448. The third kappa shape index (κ3) is 5.61. The fourth-order valence-corrected chi connectivity index (χ4v) is 5.02. The minimum absolute atomic E-state index is 0.0736. The molecular weight excluding hydrogens is 490 g/mol. The van der Waals surface area contributed by atoms with Gasteiger partial charge in [-0.15, -0.1) is 0 Å². The number of rotatable bonds is 6. The van der Waals surface area contributed by atoms with Crippen LogP contribution in [0.1, 0.15) is 73.8 Å². The third-order valence-electron chi connectivity index (χ3n) is 6.90. The van der Waals surface area contributed by atoms with Crippen LogP contribution in [0.5, 0.6) is 0 Å². The zero-order chi connectivity index (χ0) is 27.4. The van der Waals surface area contributed by atoms with Crippen molar-refractivity contribution in [3.63, 3.8) is 0 Å². The first-order valence-corrected chi connectivity index (χ1v) is 13.2. The smallest absolute Gasteiger partial charge is 0.339 e. The lowest BCUT2D eigenvalue weighted by molar-refractivity contribution is -0.0456. The second kappa shape index (κ2) is 11.4. The van der Waals surface area contributed by atoms with E-state index in [2.05, 4.69) is 16.2 Å². The molecule has 0 saturated heterocycles. The highest BCUT2D eigenvalue weighted by atomic mass is 19.3. The van der Waals surface area contributed by atoms with Crippen LogP contribution in [0.25, 0.3) is 28.0 Å². The van der Waals surface area contributed by atoms with Crippen LogP contribution in [0.15, 0.2) is 41.3 Å². The molecule has 9 heteroatoms. The molecule has 38 heavy (non-hydrogen) atoms. The van der Waals surface area contributed by atoms with Crippen LogP contribution in [0.2, 0.25) is 0 Å². The third-order valence-corrected chi connectivity index (χ3v) is 6.90. The molecule has 1 fully saturated rings. The number of esters is 1. The Morgan fingerprint density at radius 1 is 1.16 bits per heavy atom. The molecule has 1 saturated carbocycles. The van der Waals surface area contributed by atoms with Gasteiger partial charge in [0, 0.05) is 47.9 Å². The number of nitrogens with zero attached hydrogens (tertiary/aromatic N) is 4. The van der Waals surface area contributed by atoms with Gasteiger partial charge in [0.05, 0.1) is 17.9 Å². The average molecular weight is 525 g/mol. The van der Waals surface area contributed by atoms with Crippen molar-refractivity contribution in [2.45, 2.75) is 72.6 Å². The summed E-state index contributed by atoms with van der Waals surface area (Å²) in [6, 6.07) is 5.49. The van der Waals surface area contributed by atoms with Crippen LogP contribution in [-0.2, 0) is 11.2 Å². The summed E-state index contributed by atoms with van der Waals surface area (Å²) < 4.78 is 39.8. The van der Waals surface area contributed by atoms with Crippen molar-refractivity contribution < 1.29 is 22.8 Å². The van der Waals surface area contributed by atoms with Gasteiger partial charge in [-0.25, -0.2) is 23.5 Å². The molecule has 0 spiro atoms. The van der Waals surface area contributed by atoms with E-state index in [-0.39, 0.29) is 25.4 Å². The van der Waals surface area contributed by atoms with E-state index in [0.717, 1.165) is 27.8 Å². The lowest BCUT2D eigenvalue weighted by Gasteiger charge is -2.28. The van der Waals surface area contributed by atoms with Gasteiger partial charge in [0.15, 0.2) is 0 Å². The molecule has 4 heterocycles. The van der Waals surface area contributed by atoms with E-state index >= 15 is 0 Å². The van der Waals surface area contributed by atoms with Gasteiger partial charge in [-0.2, -0.15) is 0 Å². The number of hydrogen-bond donors (Lipinski definition) is 0. The molecule has 0 aromatic carbocycles. The van der Waals surface area contributed by atoms with Gasteiger partial charge in [-0.1, -0.05) is 19.0 Å². The summed E-state index contributed by atoms with van der Waals surface area (Å²) in [5.41, 5.74) is 4.67. The molecular formula is C29H34F2N4O3. The molecule has 0 aliphatic heterocycles. The molecule has 0 bridgehead atoms. The minimum atomic E-state index is -2.56. The number of alkyl halides is 2. The van der Waals surface area contributed by atoms with Crippen LogP contribution >= 0.6 is 0 Å². The molecule has 0 unspecified atom stereocenters. The van der Waals surface area contributed by atoms with E-state index in [9.17, 15) is 13.6 Å². The number of pyridine rings is 2. The number of aryl methyl sites for hydroxylation is 2. The van der Waals surface area contributed by atoms with Crippen LogP contribution in [0.3, 0.4) is 0 Å². The Bertz CT molecular complexity index is 1380. The van der Waals surface area contributed by atoms with Gasteiger partial charge in [-0.3, -0.25) is 4.57 Å². The van der Waals surface area contributed by atoms with Gasteiger partial charge in [-0.05, 0) is 69.7 Å². The zero-order valence-corrected chi connectivity index (χ0v) is 22.6. The van der Waals surface area contributed by atoms with Crippen molar-refractivity contribution in [3.05, 3.63) is 59.4 Å². The number of ether oxygens (including phenoxy) is 1. The zero-order valence-electron chi connectivity index (χ0n) is 22.6. The summed E-state index contributed by atoms with van der Waals surface area (Å²) in [5.74, 6) is -1.50. The maximum absolute atomic E-state index is 13.7. The Kier molecular flexibility index (Phi) is 8.23. The highest BCUT2D eigenvalue weighted by molar-refractivity contribution is 5.89. The van der Waals surface area contributed by atoms with Crippen molar-refractivity contribution in [2.24, 2.45) is 5.92 Å². The predicted molar refractivity (Wildman–Crippen MR) is 142 cm³/mol. The number of hydrogen-bond acceptors (Lipinski definition) is 6. The standard InChI is InChI=1S/C27H28F2N4O3.C2H6/c1-4-35-26(34)19-5-6-23(30-13-19)33-15-21(11-18-7-9-27(28,29)10-8-18)22-12-20(14-31-25(22)33)24-16(2)32-36-17(24)3;1-2/h5-6,12-15,18H,4,7-11H2,1-3H3;1-2H3. The number of carbonyl (C=O) groups is 1. The molecule has 1 aliphatic rings. The van der Waals surface area contributed by atoms with E-state index in [0.29, 0.717) is 42.1 Å². The van der Waals surface area contributed by atoms with Crippen LogP contribution in [0.4, 0.5) is 8.78 Å². The van der Waals surface area contributed by atoms with Crippen molar-refractivity contribution in [3.8, 4) is 16.9 Å². The van der Waals surface area contributed by atoms with E-state index in [1.54, 1.807) is 25.3 Å². The van der Waals surface area contributed by atoms with Crippen molar-refractivity contribution in [2.75, 3.05) is 6.61 Å². The van der Waals surface area contributed by atoms with Crippen molar-refractivity contribution in [1.29, 1.82) is 0 Å². The number of fused-ring (bicyclic) bond motifs is 1. The normalized spacial score (nSPS) is 15.2. The predicted octanol–water partition coefficient (Wildman–Crippen LogP) is 7.26.